The van der Waals surface area contributed by atoms with Crippen molar-refractivity contribution in [2.75, 3.05) is 6.54 Å². The van der Waals surface area contributed by atoms with E-state index in [1.807, 2.05) is 30.5 Å². The van der Waals surface area contributed by atoms with E-state index in [1.165, 1.54) is 10.9 Å². The van der Waals surface area contributed by atoms with Crippen molar-refractivity contribution in [3.63, 3.8) is 0 Å². The number of nitrogens with zero attached hydrogens (tertiary/aromatic N) is 2. The van der Waals surface area contributed by atoms with Crippen LogP contribution in [0.1, 0.15) is 25.5 Å². The number of para-hydroxylation sites is 2. The number of hydrogen-bond donors (Lipinski definition) is 3. The topological polar surface area (TPSA) is 109 Å². The lowest BCUT2D eigenvalue weighted by atomic mass is 10.1. The zero-order valence-electron chi connectivity index (χ0n) is 18.0. The van der Waals surface area contributed by atoms with Gasteiger partial charge in [0, 0.05) is 23.6 Å². The molecule has 2 aromatic heterocycles. The van der Waals surface area contributed by atoms with E-state index in [4.69, 9.17) is 0 Å². The van der Waals surface area contributed by atoms with E-state index in [-0.39, 0.29) is 11.5 Å². The van der Waals surface area contributed by atoms with Crippen molar-refractivity contribution < 1.29 is 9.59 Å². The summed E-state index contributed by atoms with van der Waals surface area (Å²) in [6.45, 7) is 3.67. The normalized spacial score (nSPS) is 13.1. The lowest BCUT2D eigenvalue weighted by Crippen LogP contribution is -2.47. The summed E-state index contributed by atoms with van der Waals surface area (Å²) in [5.41, 5.74) is 2.45. The number of carbonyl (C=O) groups is 2. The van der Waals surface area contributed by atoms with Crippen LogP contribution >= 0.6 is 0 Å². The summed E-state index contributed by atoms with van der Waals surface area (Å²) in [5, 5.41) is 7.11. The Morgan fingerprint density at radius 3 is 2.56 bits per heavy atom. The van der Waals surface area contributed by atoms with E-state index in [9.17, 15) is 14.4 Å². The van der Waals surface area contributed by atoms with Crippen molar-refractivity contribution >= 4 is 33.6 Å². The fraction of sp³-hybridized carbons (Fsp3) is 0.250. The number of fused-ring (bicyclic) bond motifs is 2. The average Bonchev–Trinajstić information content (AvgIpc) is 3.22. The summed E-state index contributed by atoms with van der Waals surface area (Å²) < 4.78 is 1.28. The Kier molecular flexibility index (Phi) is 6.02. The van der Waals surface area contributed by atoms with Gasteiger partial charge >= 0.3 is 0 Å². The summed E-state index contributed by atoms with van der Waals surface area (Å²) >= 11 is 0. The maximum absolute atomic E-state index is 12.7. The molecule has 32 heavy (non-hydrogen) atoms. The molecule has 0 fully saturated rings. The third kappa shape index (κ3) is 4.25. The number of H-pyrrole nitrogens is 1. The van der Waals surface area contributed by atoms with E-state index in [0.717, 1.165) is 16.5 Å². The first-order valence-corrected chi connectivity index (χ1v) is 10.5. The largest absolute Gasteiger partial charge is 0.361 e. The van der Waals surface area contributed by atoms with Gasteiger partial charge in [0.05, 0.1) is 17.2 Å². The van der Waals surface area contributed by atoms with Gasteiger partial charge in [-0.3, -0.25) is 19.0 Å². The summed E-state index contributed by atoms with van der Waals surface area (Å²) in [5.74, 6) is -0.710. The number of nitrogens with one attached hydrogen (secondary N) is 3. The van der Waals surface area contributed by atoms with Gasteiger partial charge in [-0.15, -0.1) is 0 Å². The highest BCUT2D eigenvalue weighted by atomic mass is 16.2. The van der Waals surface area contributed by atoms with Crippen LogP contribution in [0.25, 0.3) is 21.8 Å². The number of carbonyl (C=O) groups excluding carboxylic acids is 2. The first kappa shape index (κ1) is 21.3. The molecule has 0 aliphatic heterocycles. The molecule has 8 heteroatoms. The first-order valence-electron chi connectivity index (χ1n) is 10.5. The molecular formula is C24H25N5O3. The summed E-state index contributed by atoms with van der Waals surface area (Å²) in [4.78, 5) is 45.3. The third-order valence-corrected chi connectivity index (χ3v) is 5.61. The Labute approximate surface area is 184 Å². The lowest BCUT2D eigenvalue weighted by molar-refractivity contribution is -0.130. The van der Waals surface area contributed by atoms with Crippen LogP contribution in [0.2, 0.25) is 0 Å². The fourth-order valence-electron chi connectivity index (χ4n) is 3.70. The standard InChI is InChI=1S/C24H25N5O3/c1-15(22(30)25-12-11-17-13-26-20-9-5-3-7-18(17)20)28-23(31)16(2)29-14-27-21-10-6-4-8-19(21)24(29)32/h3-10,13-16,26H,11-12H2,1-2H3,(H,25,30)(H,28,31)/t15-,16+/m1/s1. The van der Waals surface area contributed by atoms with Crippen molar-refractivity contribution in [3.05, 3.63) is 77.0 Å². The maximum Gasteiger partial charge on any atom is 0.261 e. The maximum atomic E-state index is 12.7. The minimum absolute atomic E-state index is 0.283. The monoisotopic (exact) mass is 431 g/mol. The molecule has 0 unspecified atom stereocenters. The zero-order chi connectivity index (χ0) is 22.7. The molecule has 0 radical (unpaired) electrons. The summed E-state index contributed by atoms with van der Waals surface area (Å²) in [7, 11) is 0. The van der Waals surface area contributed by atoms with Crippen molar-refractivity contribution in [1.29, 1.82) is 0 Å². The molecule has 0 saturated heterocycles. The van der Waals surface area contributed by atoms with E-state index >= 15 is 0 Å². The van der Waals surface area contributed by atoms with Crippen LogP contribution < -0.4 is 16.2 Å². The van der Waals surface area contributed by atoms with Crippen molar-refractivity contribution in [3.8, 4) is 0 Å². The number of rotatable bonds is 7. The fourth-order valence-corrected chi connectivity index (χ4v) is 3.70. The predicted octanol–water partition coefficient (Wildman–Crippen LogP) is 2.30. The number of hydrogen-bond acceptors (Lipinski definition) is 4. The highest BCUT2D eigenvalue weighted by Gasteiger charge is 2.22. The van der Waals surface area contributed by atoms with Crippen LogP contribution in [-0.4, -0.2) is 38.9 Å². The smallest absolute Gasteiger partial charge is 0.261 e. The van der Waals surface area contributed by atoms with Gasteiger partial charge in [0.2, 0.25) is 11.8 Å². The van der Waals surface area contributed by atoms with E-state index in [1.54, 1.807) is 38.1 Å². The van der Waals surface area contributed by atoms with E-state index < -0.39 is 18.0 Å². The van der Waals surface area contributed by atoms with Gasteiger partial charge in [0.1, 0.15) is 12.1 Å². The minimum Gasteiger partial charge on any atom is -0.361 e. The molecule has 0 bridgehead atoms. The van der Waals surface area contributed by atoms with Crippen LogP contribution in [0.4, 0.5) is 0 Å². The molecule has 164 valence electrons. The Morgan fingerprint density at radius 2 is 1.75 bits per heavy atom. The SMILES string of the molecule is C[C@@H](NC(=O)[C@H](C)n1cnc2ccccc2c1=O)C(=O)NCCc1c[nH]c2ccccc12. The van der Waals surface area contributed by atoms with Crippen molar-refractivity contribution in [1.82, 2.24) is 25.2 Å². The zero-order valence-corrected chi connectivity index (χ0v) is 18.0. The molecule has 0 saturated carbocycles. The van der Waals surface area contributed by atoms with Gasteiger partial charge in [-0.2, -0.15) is 0 Å². The molecule has 8 nitrogen and oxygen atoms in total. The molecule has 3 N–H and O–H groups in total. The van der Waals surface area contributed by atoms with Crippen LogP contribution in [0.5, 0.6) is 0 Å². The van der Waals surface area contributed by atoms with Crippen molar-refractivity contribution in [2.24, 2.45) is 0 Å². The van der Waals surface area contributed by atoms with Crippen LogP contribution in [-0.2, 0) is 16.0 Å². The van der Waals surface area contributed by atoms with Crippen LogP contribution in [0, 0.1) is 0 Å². The lowest BCUT2D eigenvalue weighted by Gasteiger charge is -2.19. The minimum atomic E-state index is -0.805. The van der Waals surface area contributed by atoms with E-state index in [2.05, 4.69) is 20.6 Å². The summed E-state index contributed by atoms with van der Waals surface area (Å²) in [6, 6.07) is 13.4. The summed E-state index contributed by atoms with van der Waals surface area (Å²) in [6.07, 6.45) is 3.98. The number of aromatic amines is 1. The highest BCUT2D eigenvalue weighted by molar-refractivity contribution is 5.89. The van der Waals surface area contributed by atoms with Gasteiger partial charge in [-0.1, -0.05) is 30.3 Å². The van der Waals surface area contributed by atoms with Gasteiger partial charge < -0.3 is 15.6 Å². The van der Waals surface area contributed by atoms with Crippen LogP contribution in [0.3, 0.4) is 0 Å². The quantitative estimate of drug-likeness (QED) is 0.417. The number of aromatic nitrogens is 3. The second kappa shape index (κ2) is 9.05. The molecule has 2 aromatic carbocycles. The second-order valence-electron chi connectivity index (χ2n) is 7.78. The van der Waals surface area contributed by atoms with Gasteiger partial charge in [0.25, 0.3) is 5.56 Å². The number of amides is 2. The molecule has 0 spiro atoms. The molecule has 4 rings (SSSR count). The molecule has 0 aliphatic carbocycles. The third-order valence-electron chi connectivity index (χ3n) is 5.61. The Bertz CT molecular complexity index is 1340. The second-order valence-corrected chi connectivity index (χ2v) is 7.78. The average molecular weight is 431 g/mol. The molecular weight excluding hydrogens is 406 g/mol. The highest BCUT2D eigenvalue weighted by Crippen LogP contribution is 2.17. The molecule has 4 aromatic rings. The Morgan fingerprint density at radius 1 is 1.03 bits per heavy atom. The molecule has 2 amide bonds. The molecule has 0 aliphatic rings. The van der Waals surface area contributed by atoms with E-state index in [0.29, 0.717) is 23.9 Å². The van der Waals surface area contributed by atoms with Gasteiger partial charge in [0.15, 0.2) is 0 Å². The molecule has 2 heterocycles. The Hall–Kier alpha value is -3.94. The Balaban J connectivity index is 1.34. The van der Waals surface area contributed by atoms with Gasteiger partial charge in [-0.05, 0) is 44.0 Å². The van der Waals surface area contributed by atoms with Gasteiger partial charge in [-0.25, -0.2) is 4.98 Å². The van der Waals surface area contributed by atoms with Crippen molar-refractivity contribution in [2.45, 2.75) is 32.4 Å². The molecule has 2 atom stereocenters. The first-order chi connectivity index (χ1) is 15.5. The predicted molar refractivity (Wildman–Crippen MR) is 123 cm³/mol. The number of benzene rings is 2. The van der Waals surface area contributed by atoms with Crippen LogP contribution in [0.15, 0.2) is 65.8 Å².